The molecule has 0 saturated heterocycles. The molecule has 0 unspecified atom stereocenters. The Morgan fingerprint density at radius 3 is 2.62 bits per heavy atom. The van der Waals surface area contributed by atoms with Crippen molar-refractivity contribution in [2.24, 2.45) is 0 Å². The molecule has 0 aliphatic heterocycles. The fourth-order valence-corrected chi connectivity index (χ4v) is 1.43. The highest BCUT2D eigenvalue weighted by atomic mass is 35.5. The summed E-state index contributed by atoms with van der Waals surface area (Å²) in [6.07, 6.45) is 0. The fraction of sp³-hybridized carbons (Fsp3) is 0.400. The highest BCUT2D eigenvalue weighted by Crippen LogP contribution is 2.17. The number of rotatable bonds is 3. The van der Waals surface area contributed by atoms with Gasteiger partial charge < -0.3 is 10.4 Å². The summed E-state index contributed by atoms with van der Waals surface area (Å²) in [6, 6.07) is 2.97. The van der Waals surface area contributed by atoms with E-state index in [4.69, 9.17) is 28.3 Å². The van der Waals surface area contributed by atoms with Gasteiger partial charge in [-0.1, -0.05) is 23.2 Å². The molecule has 1 aromatic heterocycles. The first-order valence-electron chi connectivity index (χ1n) is 4.61. The van der Waals surface area contributed by atoms with Gasteiger partial charge in [0.2, 0.25) is 0 Å². The van der Waals surface area contributed by atoms with E-state index in [0.717, 1.165) is 0 Å². The SMILES string of the molecule is CC(C)(CO)NC(=O)c1ccc(Cl)nc1Cl. The van der Waals surface area contributed by atoms with Crippen molar-refractivity contribution in [3.63, 3.8) is 0 Å². The standard InChI is InChI=1S/C10H12Cl2N2O2/c1-10(2,5-15)14-9(16)6-3-4-7(11)13-8(6)12/h3-4,15H,5H2,1-2H3,(H,14,16). The number of aromatic nitrogens is 1. The molecule has 0 saturated carbocycles. The molecule has 0 aromatic carbocycles. The summed E-state index contributed by atoms with van der Waals surface area (Å²) in [5, 5.41) is 11.9. The molecule has 1 aromatic rings. The van der Waals surface area contributed by atoms with Crippen molar-refractivity contribution < 1.29 is 9.90 Å². The van der Waals surface area contributed by atoms with Crippen molar-refractivity contribution in [2.45, 2.75) is 19.4 Å². The molecule has 4 nitrogen and oxygen atoms in total. The Hall–Kier alpha value is -0.840. The van der Waals surface area contributed by atoms with Gasteiger partial charge in [0.1, 0.15) is 10.3 Å². The molecule has 1 heterocycles. The zero-order chi connectivity index (χ0) is 12.3. The lowest BCUT2D eigenvalue weighted by Gasteiger charge is -2.23. The predicted octanol–water partition coefficient (Wildman–Crippen LogP) is 1.89. The van der Waals surface area contributed by atoms with Gasteiger partial charge in [-0.05, 0) is 26.0 Å². The zero-order valence-corrected chi connectivity index (χ0v) is 10.4. The Morgan fingerprint density at radius 1 is 1.50 bits per heavy atom. The van der Waals surface area contributed by atoms with Gasteiger partial charge in [-0.15, -0.1) is 0 Å². The molecule has 0 radical (unpaired) electrons. The number of carbonyl (C=O) groups is 1. The highest BCUT2D eigenvalue weighted by Gasteiger charge is 2.21. The topological polar surface area (TPSA) is 62.2 Å². The summed E-state index contributed by atoms with van der Waals surface area (Å²) in [4.78, 5) is 15.5. The normalized spacial score (nSPS) is 11.3. The average molecular weight is 263 g/mol. The zero-order valence-electron chi connectivity index (χ0n) is 8.92. The number of hydrogen-bond donors (Lipinski definition) is 2. The van der Waals surface area contributed by atoms with Crippen LogP contribution in [0.1, 0.15) is 24.2 Å². The van der Waals surface area contributed by atoms with Gasteiger partial charge in [0.15, 0.2) is 0 Å². The second-order valence-electron chi connectivity index (χ2n) is 3.97. The number of pyridine rings is 1. The maximum Gasteiger partial charge on any atom is 0.254 e. The molecule has 0 aliphatic rings. The van der Waals surface area contributed by atoms with E-state index in [2.05, 4.69) is 10.3 Å². The maximum absolute atomic E-state index is 11.8. The first-order valence-corrected chi connectivity index (χ1v) is 5.37. The number of aliphatic hydroxyl groups excluding tert-OH is 1. The van der Waals surface area contributed by atoms with Gasteiger partial charge in [-0.3, -0.25) is 4.79 Å². The van der Waals surface area contributed by atoms with Crippen molar-refractivity contribution in [3.05, 3.63) is 28.0 Å². The summed E-state index contributed by atoms with van der Waals surface area (Å²) in [5.41, 5.74) is -0.479. The Labute approximate surface area is 104 Å². The summed E-state index contributed by atoms with van der Waals surface area (Å²) in [5.74, 6) is -0.395. The van der Waals surface area contributed by atoms with Gasteiger partial charge in [-0.25, -0.2) is 4.98 Å². The minimum atomic E-state index is -0.708. The molecule has 0 fully saturated rings. The fourth-order valence-electron chi connectivity index (χ4n) is 0.996. The number of carbonyl (C=O) groups excluding carboxylic acids is 1. The third-order valence-electron chi connectivity index (χ3n) is 1.91. The van der Waals surface area contributed by atoms with Gasteiger partial charge >= 0.3 is 0 Å². The highest BCUT2D eigenvalue weighted by molar-refractivity contribution is 6.34. The summed E-state index contributed by atoms with van der Waals surface area (Å²) in [6.45, 7) is 3.22. The first kappa shape index (κ1) is 13.2. The smallest absolute Gasteiger partial charge is 0.254 e. The summed E-state index contributed by atoms with van der Waals surface area (Å²) < 4.78 is 0. The molecule has 88 valence electrons. The minimum Gasteiger partial charge on any atom is -0.394 e. The summed E-state index contributed by atoms with van der Waals surface area (Å²) in [7, 11) is 0. The predicted molar refractivity (Wildman–Crippen MR) is 62.9 cm³/mol. The molecular formula is C10H12Cl2N2O2. The van der Waals surface area contributed by atoms with Crippen LogP contribution < -0.4 is 5.32 Å². The maximum atomic E-state index is 11.8. The van der Waals surface area contributed by atoms with E-state index in [9.17, 15) is 4.79 Å². The lowest BCUT2D eigenvalue weighted by atomic mass is 10.1. The Balaban J connectivity index is 2.89. The second kappa shape index (κ2) is 4.99. The number of nitrogens with zero attached hydrogens (tertiary/aromatic N) is 1. The lowest BCUT2D eigenvalue weighted by molar-refractivity contribution is 0.0869. The van der Waals surface area contributed by atoms with Crippen molar-refractivity contribution in [2.75, 3.05) is 6.61 Å². The molecule has 0 bridgehead atoms. The second-order valence-corrected chi connectivity index (χ2v) is 4.71. The van der Waals surface area contributed by atoms with Crippen LogP contribution in [0.4, 0.5) is 0 Å². The lowest BCUT2D eigenvalue weighted by Crippen LogP contribution is -2.46. The molecule has 0 atom stereocenters. The van der Waals surface area contributed by atoms with E-state index in [-0.39, 0.29) is 22.5 Å². The number of halogens is 2. The van der Waals surface area contributed by atoms with Crippen LogP contribution in [0, 0.1) is 0 Å². The Bertz CT molecular complexity index is 408. The molecule has 1 rings (SSSR count). The van der Waals surface area contributed by atoms with Crippen LogP contribution in [0.15, 0.2) is 12.1 Å². The van der Waals surface area contributed by atoms with Gasteiger partial charge in [0.25, 0.3) is 5.91 Å². The molecule has 1 amide bonds. The van der Waals surface area contributed by atoms with Crippen LogP contribution in [0.2, 0.25) is 10.3 Å². The molecule has 0 spiro atoms. The van der Waals surface area contributed by atoms with E-state index < -0.39 is 11.4 Å². The van der Waals surface area contributed by atoms with E-state index in [0.29, 0.717) is 0 Å². The van der Waals surface area contributed by atoms with Crippen LogP contribution in [-0.2, 0) is 0 Å². The Kier molecular flexibility index (Phi) is 4.13. The number of aliphatic hydroxyl groups is 1. The van der Waals surface area contributed by atoms with Gasteiger partial charge in [0.05, 0.1) is 17.7 Å². The van der Waals surface area contributed by atoms with E-state index in [1.54, 1.807) is 13.8 Å². The van der Waals surface area contributed by atoms with Crippen LogP contribution in [0.3, 0.4) is 0 Å². The van der Waals surface area contributed by atoms with Gasteiger partial charge in [0, 0.05) is 0 Å². The minimum absolute atomic E-state index is 0.0405. The van der Waals surface area contributed by atoms with E-state index in [1.807, 2.05) is 0 Å². The van der Waals surface area contributed by atoms with Crippen molar-refractivity contribution >= 4 is 29.1 Å². The molecular weight excluding hydrogens is 251 g/mol. The number of nitrogens with one attached hydrogen (secondary N) is 1. The van der Waals surface area contributed by atoms with E-state index >= 15 is 0 Å². The average Bonchev–Trinajstić information content (AvgIpc) is 2.16. The van der Waals surface area contributed by atoms with Crippen LogP contribution in [0.5, 0.6) is 0 Å². The van der Waals surface area contributed by atoms with Crippen molar-refractivity contribution in [3.8, 4) is 0 Å². The molecule has 16 heavy (non-hydrogen) atoms. The third kappa shape index (κ3) is 3.33. The largest absolute Gasteiger partial charge is 0.394 e. The molecule has 2 N–H and O–H groups in total. The first-order chi connectivity index (χ1) is 7.35. The molecule has 6 heteroatoms. The van der Waals surface area contributed by atoms with Crippen molar-refractivity contribution in [1.82, 2.24) is 10.3 Å². The quantitative estimate of drug-likeness (QED) is 0.818. The summed E-state index contributed by atoms with van der Waals surface area (Å²) >= 11 is 11.4. The molecule has 0 aliphatic carbocycles. The number of amides is 1. The van der Waals surface area contributed by atoms with E-state index in [1.165, 1.54) is 12.1 Å². The Morgan fingerprint density at radius 2 is 2.12 bits per heavy atom. The van der Waals surface area contributed by atoms with Crippen LogP contribution in [-0.4, -0.2) is 28.1 Å². The van der Waals surface area contributed by atoms with Crippen molar-refractivity contribution in [1.29, 1.82) is 0 Å². The number of hydrogen-bond acceptors (Lipinski definition) is 3. The monoisotopic (exact) mass is 262 g/mol. The van der Waals surface area contributed by atoms with Crippen LogP contribution >= 0.6 is 23.2 Å². The third-order valence-corrected chi connectivity index (χ3v) is 2.41. The van der Waals surface area contributed by atoms with Gasteiger partial charge in [-0.2, -0.15) is 0 Å². The van der Waals surface area contributed by atoms with Crippen LogP contribution in [0.25, 0.3) is 0 Å².